The molecule has 0 aromatic heterocycles. The van der Waals surface area contributed by atoms with Gasteiger partial charge in [-0.2, -0.15) is 0 Å². The Hall–Kier alpha value is -2.44. The summed E-state index contributed by atoms with van der Waals surface area (Å²) < 4.78 is 5.57. The van der Waals surface area contributed by atoms with Crippen LogP contribution in [0.2, 0.25) is 10.0 Å². The Kier molecular flexibility index (Phi) is 7.45. The molecule has 1 N–H and O–H groups in total. The van der Waals surface area contributed by atoms with Crippen LogP contribution in [-0.2, 0) is 9.59 Å². The average molecular weight is 450 g/mol. The first-order valence-corrected chi connectivity index (χ1v) is 10.6. The minimum absolute atomic E-state index is 0.116. The zero-order valence-corrected chi connectivity index (χ0v) is 18.6. The summed E-state index contributed by atoms with van der Waals surface area (Å²) in [6, 6.07) is 10.7. The first kappa shape index (κ1) is 22.2. The normalized spacial score (nSPS) is 13.9. The molecule has 3 rings (SSSR count). The Balaban J connectivity index is 1.55. The van der Waals surface area contributed by atoms with Gasteiger partial charge in [-0.05, 0) is 48.9 Å². The molecule has 0 radical (unpaired) electrons. The summed E-state index contributed by atoms with van der Waals surface area (Å²) in [6.45, 7) is 6.45. The van der Waals surface area contributed by atoms with E-state index in [2.05, 4.69) is 10.2 Å². The molecule has 1 fully saturated rings. The number of carbonyl (C=O) groups excluding carboxylic acids is 2. The summed E-state index contributed by atoms with van der Waals surface area (Å²) in [6.07, 6.45) is 0.524. The molecule has 8 heteroatoms. The van der Waals surface area contributed by atoms with Crippen molar-refractivity contribution in [3.8, 4) is 5.75 Å². The second-order valence-corrected chi connectivity index (χ2v) is 7.98. The summed E-state index contributed by atoms with van der Waals surface area (Å²) in [5, 5.41) is 3.97. The summed E-state index contributed by atoms with van der Waals surface area (Å²) in [4.78, 5) is 28.1. The van der Waals surface area contributed by atoms with E-state index in [1.54, 1.807) is 24.3 Å². The summed E-state index contributed by atoms with van der Waals surface area (Å²) in [5.74, 6) is 0.512. The molecule has 6 nitrogen and oxygen atoms in total. The van der Waals surface area contributed by atoms with Gasteiger partial charge < -0.3 is 19.9 Å². The van der Waals surface area contributed by atoms with E-state index in [1.807, 2.05) is 30.9 Å². The minimum atomic E-state index is -0.278. The fourth-order valence-electron chi connectivity index (χ4n) is 3.38. The number of hydrogen-bond donors (Lipinski definition) is 1. The van der Waals surface area contributed by atoms with Gasteiger partial charge in [0.05, 0.1) is 10.7 Å². The number of piperazine rings is 1. The molecule has 30 heavy (non-hydrogen) atoms. The fraction of sp³-hybridized carbons (Fsp3) is 0.364. The van der Waals surface area contributed by atoms with Crippen molar-refractivity contribution in [2.24, 2.45) is 0 Å². The molecule has 1 heterocycles. The molecule has 0 saturated carbocycles. The second-order valence-electron chi connectivity index (χ2n) is 7.13. The molecular weight excluding hydrogens is 425 g/mol. The van der Waals surface area contributed by atoms with Gasteiger partial charge in [-0.25, -0.2) is 0 Å². The van der Waals surface area contributed by atoms with E-state index < -0.39 is 0 Å². The number of halogens is 2. The first-order valence-electron chi connectivity index (χ1n) is 9.88. The number of hydrogen-bond acceptors (Lipinski definition) is 4. The largest absolute Gasteiger partial charge is 0.483 e. The van der Waals surface area contributed by atoms with E-state index >= 15 is 0 Å². The quantitative estimate of drug-likeness (QED) is 0.710. The van der Waals surface area contributed by atoms with Gasteiger partial charge in [0.2, 0.25) is 5.91 Å². The van der Waals surface area contributed by atoms with Crippen LogP contribution in [-0.4, -0.2) is 49.5 Å². The highest BCUT2D eigenvalue weighted by Crippen LogP contribution is 2.30. The molecule has 160 valence electrons. The number of carbonyl (C=O) groups is 2. The SMILES string of the molecule is CCC(=O)N1CCN(c2ccc(NC(=O)COc3ccc(Cl)cc3C)cc2Cl)CC1. The van der Waals surface area contributed by atoms with Crippen LogP contribution in [0.25, 0.3) is 0 Å². The molecule has 0 unspecified atom stereocenters. The van der Waals surface area contributed by atoms with Gasteiger partial charge >= 0.3 is 0 Å². The van der Waals surface area contributed by atoms with Crippen LogP contribution in [0, 0.1) is 6.92 Å². The van der Waals surface area contributed by atoms with Gasteiger partial charge in [0.25, 0.3) is 5.91 Å². The minimum Gasteiger partial charge on any atom is -0.483 e. The highest BCUT2D eigenvalue weighted by atomic mass is 35.5. The van der Waals surface area contributed by atoms with Crippen LogP contribution in [0.3, 0.4) is 0 Å². The van der Waals surface area contributed by atoms with Crippen LogP contribution in [0.5, 0.6) is 5.75 Å². The molecule has 0 aliphatic carbocycles. The van der Waals surface area contributed by atoms with Crippen molar-refractivity contribution in [1.82, 2.24) is 4.90 Å². The van der Waals surface area contributed by atoms with Gasteiger partial charge in [0, 0.05) is 43.3 Å². The smallest absolute Gasteiger partial charge is 0.262 e. The Labute approximate surface area is 186 Å². The van der Waals surface area contributed by atoms with E-state index in [9.17, 15) is 9.59 Å². The maximum atomic E-state index is 12.2. The average Bonchev–Trinajstić information content (AvgIpc) is 2.73. The summed E-state index contributed by atoms with van der Waals surface area (Å²) in [7, 11) is 0. The molecule has 2 aromatic rings. The lowest BCUT2D eigenvalue weighted by molar-refractivity contribution is -0.131. The number of nitrogens with one attached hydrogen (secondary N) is 1. The van der Waals surface area contributed by atoms with Crippen molar-refractivity contribution in [3.05, 3.63) is 52.0 Å². The molecule has 1 aliphatic rings. The third-order valence-corrected chi connectivity index (χ3v) is 5.54. The molecular formula is C22H25Cl2N3O3. The van der Waals surface area contributed by atoms with Crippen molar-refractivity contribution in [1.29, 1.82) is 0 Å². The highest BCUT2D eigenvalue weighted by molar-refractivity contribution is 6.33. The lowest BCUT2D eigenvalue weighted by Gasteiger charge is -2.36. The number of rotatable bonds is 6. The maximum absolute atomic E-state index is 12.2. The van der Waals surface area contributed by atoms with Crippen LogP contribution < -0.4 is 15.0 Å². The molecule has 2 aromatic carbocycles. The summed E-state index contributed by atoms with van der Waals surface area (Å²) >= 11 is 12.4. The molecule has 0 spiro atoms. The molecule has 0 bridgehead atoms. The number of amides is 2. The molecule has 2 amide bonds. The predicted molar refractivity (Wildman–Crippen MR) is 121 cm³/mol. The zero-order valence-electron chi connectivity index (χ0n) is 17.1. The Morgan fingerprint density at radius 2 is 1.80 bits per heavy atom. The Morgan fingerprint density at radius 3 is 2.43 bits per heavy atom. The van der Waals surface area contributed by atoms with Gasteiger partial charge in [0.15, 0.2) is 6.61 Å². The molecule has 1 saturated heterocycles. The van der Waals surface area contributed by atoms with Crippen molar-refractivity contribution < 1.29 is 14.3 Å². The number of ether oxygens (including phenoxy) is 1. The topological polar surface area (TPSA) is 61.9 Å². The van der Waals surface area contributed by atoms with Gasteiger partial charge in [0.1, 0.15) is 5.75 Å². The second kappa shape index (κ2) is 10.0. The maximum Gasteiger partial charge on any atom is 0.262 e. The fourth-order valence-corrected chi connectivity index (χ4v) is 3.90. The summed E-state index contributed by atoms with van der Waals surface area (Å²) in [5.41, 5.74) is 2.36. The monoisotopic (exact) mass is 449 g/mol. The molecule has 0 atom stereocenters. The van der Waals surface area contributed by atoms with Crippen molar-refractivity contribution in [3.63, 3.8) is 0 Å². The number of benzene rings is 2. The van der Waals surface area contributed by atoms with Crippen LogP contribution in [0.4, 0.5) is 11.4 Å². The van der Waals surface area contributed by atoms with Crippen LogP contribution >= 0.6 is 23.2 Å². The Bertz CT molecular complexity index is 928. The van der Waals surface area contributed by atoms with Gasteiger partial charge in [-0.1, -0.05) is 30.1 Å². The third-order valence-electron chi connectivity index (χ3n) is 5.00. The highest BCUT2D eigenvalue weighted by Gasteiger charge is 2.21. The van der Waals surface area contributed by atoms with Crippen molar-refractivity contribution in [2.75, 3.05) is 43.0 Å². The van der Waals surface area contributed by atoms with E-state index in [1.165, 1.54) is 0 Å². The number of aryl methyl sites for hydroxylation is 1. The lowest BCUT2D eigenvalue weighted by Crippen LogP contribution is -2.48. The van der Waals surface area contributed by atoms with Crippen molar-refractivity contribution in [2.45, 2.75) is 20.3 Å². The standard InChI is InChI=1S/C22H25Cl2N3O3/c1-3-22(29)27-10-8-26(9-11-27)19-6-5-17(13-18(19)24)25-21(28)14-30-20-7-4-16(23)12-15(20)2/h4-7,12-13H,3,8-11,14H2,1-2H3,(H,25,28). The third kappa shape index (κ3) is 5.58. The predicted octanol–water partition coefficient (Wildman–Crippen LogP) is 4.38. The molecule has 1 aliphatic heterocycles. The van der Waals surface area contributed by atoms with Gasteiger partial charge in [-0.15, -0.1) is 0 Å². The lowest BCUT2D eigenvalue weighted by atomic mass is 10.2. The van der Waals surface area contributed by atoms with Crippen LogP contribution in [0.15, 0.2) is 36.4 Å². The van der Waals surface area contributed by atoms with E-state index in [4.69, 9.17) is 27.9 Å². The Morgan fingerprint density at radius 1 is 1.07 bits per heavy atom. The van der Waals surface area contributed by atoms with Gasteiger partial charge in [-0.3, -0.25) is 9.59 Å². The van der Waals surface area contributed by atoms with Crippen LogP contribution in [0.1, 0.15) is 18.9 Å². The first-order chi connectivity index (χ1) is 14.4. The van der Waals surface area contributed by atoms with E-state index in [0.717, 1.165) is 24.3 Å². The number of anilines is 2. The number of nitrogens with zero attached hydrogens (tertiary/aromatic N) is 2. The zero-order chi connectivity index (χ0) is 21.7. The van der Waals surface area contributed by atoms with Crippen molar-refractivity contribution >= 4 is 46.4 Å². The van der Waals surface area contributed by atoms with E-state index in [0.29, 0.717) is 41.0 Å². The van der Waals surface area contributed by atoms with E-state index in [-0.39, 0.29) is 18.4 Å².